The molecule has 3 rings (SSSR count). The van der Waals surface area contributed by atoms with Crippen LogP contribution in [0.3, 0.4) is 0 Å². The van der Waals surface area contributed by atoms with Crippen LogP contribution in [0, 0.1) is 6.92 Å². The molecule has 6 heteroatoms. The maximum absolute atomic E-state index is 13.3. The van der Waals surface area contributed by atoms with Crippen LogP contribution < -0.4 is 0 Å². The molecule has 0 aromatic heterocycles. The van der Waals surface area contributed by atoms with E-state index in [1.807, 2.05) is 37.3 Å². The predicted octanol–water partition coefficient (Wildman–Crippen LogP) is 3.06. The van der Waals surface area contributed by atoms with Gasteiger partial charge < -0.3 is 4.74 Å². The molecule has 1 aliphatic rings. The van der Waals surface area contributed by atoms with Crippen molar-refractivity contribution >= 4 is 15.8 Å². The van der Waals surface area contributed by atoms with Crippen molar-refractivity contribution in [1.29, 1.82) is 0 Å². The normalized spacial score (nSPS) is 21.4. The Bertz CT molecular complexity index is 847. The Hall–Kier alpha value is -2.02. The Morgan fingerprint density at radius 1 is 1.12 bits per heavy atom. The molecule has 0 radical (unpaired) electrons. The number of ether oxygens (including phenoxy) is 1. The summed E-state index contributed by atoms with van der Waals surface area (Å²) in [6.45, 7) is 3.76. The number of benzene rings is 2. The maximum Gasteiger partial charge on any atom is 0.246 e. The molecule has 1 fully saturated rings. The van der Waals surface area contributed by atoms with Gasteiger partial charge in [0.05, 0.1) is 17.5 Å². The minimum Gasteiger partial charge on any atom is -0.353 e. The topological polar surface area (TPSA) is 63.7 Å². The number of Topliss-reactive ketones (excluding diaryl/α,β-unsaturated/α-hetero) is 1. The Balaban J connectivity index is 2.07. The molecule has 2 atom stereocenters. The molecule has 1 saturated heterocycles. The minimum absolute atomic E-state index is 0.158. The van der Waals surface area contributed by atoms with Crippen LogP contribution in [0.4, 0.5) is 0 Å². The van der Waals surface area contributed by atoms with Crippen molar-refractivity contribution in [2.45, 2.75) is 37.4 Å². The highest BCUT2D eigenvalue weighted by molar-refractivity contribution is 7.89. The van der Waals surface area contributed by atoms with E-state index in [0.29, 0.717) is 0 Å². The van der Waals surface area contributed by atoms with Gasteiger partial charge in [-0.05, 0) is 24.6 Å². The molecule has 2 aromatic carbocycles. The Labute approximate surface area is 148 Å². The van der Waals surface area contributed by atoms with E-state index in [9.17, 15) is 13.2 Å². The average molecular weight is 359 g/mol. The lowest BCUT2D eigenvalue weighted by Gasteiger charge is -2.26. The second-order valence-electron chi connectivity index (χ2n) is 6.08. The summed E-state index contributed by atoms with van der Waals surface area (Å²) in [6, 6.07) is 15.4. The third kappa shape index (κ3) is 3.38. The summed E-state index contributed by atoms with van der Waals surface area (Å²) in [5, 5.41) is 0. The van der Waals surface area contributed by atoms with Gasteiger partial charge in [-0.25, -0.2) is 8.42 Å². The van der Waals surface area contributed by atoms with E-state index in [4.69, 9.17) is 4.74 Å². The predicted molar refractivity (Wildman–Crippen MR) is 94.4 cm³/mol. The molecule has 0 bridgehead atoms. The van der Waals surface area contributed by atoms with Crippen molar-refractivity contribution in [3.8, 4) is 0 Å². The molecule has 132 valence electrons. The van der Waals surface area contributed by atoms with Crippen LogP contribution in [0.2, 0.25) is 0 Å². The molecule has 1 aliphatic heterocycles. The van der Waals surface area contributed by atoms with Gasteiger partial charge in [0.2, 0.25) is 10.0 Å². The molecule has 0 unspecified atom stereocenters. The lowest BCUT2D eigenvalue weighted by atomic mass is 10.1. The van der Waals surface area contributed by atoms with Crippen molar-refractivity contribution < 1.29 is 17.9 Å². The van der Waals surface area contributed by atoms with E-state index in [1.54, 1.807) is 31.2 Å². The van der Waals surface area contributed by atoms with Crippen LogP contribution in [0.15, 0.2) is 59.5 Å². The van der Waals surface area contributed by atoms with Crippen LogP contribution in [-0.4, -0.2) is 31.3 Å². The zero-order chi connectivity index (χ0) is 18.0. The molecule has 25 heavy (non-hydrogen) atoms. The summed E-state index contributed by atoms with van der Waals surface area (Å²) < 4.78 is 33.3. The molecule has 0 aliphatic carbocycles. The summed E-state index contributed by atoms with van der Waals surface area (Å²) in [7, 11) is -3.87. The number of nitrogens with zero attached hydrogens (tertiary/aromatic N) is 1. The second kappa shape index (κ2) is 7.07. The fraction of sp³-hybridized carbons (Fsp3) is 0.316. The average Bonchev–Trinajstić information content (AvgIpc) is 3.08. The van der Waals surface area contributed by atoms with Crippen molar-refractivity contribution in [3.05, 3.63) is 65.7 Å². The number of carbonyl (C=O) groups is 1. The fourth-order valence-corrected chi connectivity index (χ4v) is 4.62. The molecule has 0 N–H and O–H groups in total. The van der Waals surface area contributed by atoms with Gasteiger partial charge >= 0.3 is 0 Å². The molecule has 0 saturated carbocycles. The fourth-order valence-electron chi connectivity index (χ4n) is 2.95. The SMILES string of the molecule is CCC(=O)[C@@H]1OC[C@@H](c2ccccc2)N1S(=O)(=O)c1ccc(C)cc1. The molecule has 0 spiro atoms. The van der Waals surface area contributed by atoms with Crippen LogP contribution in [0.5, 0.6) is 0 Å². The number of rotatable bonds is 5. The maximum atomic E-state index is 13.3. The molecule has 0 amide bonds. The van der Waals surface area contributed by atoms with Crippen LogP contribution in [-0.2, 0) is 19.6 Å². The van der Waals surface area contributed by atoms with Crippen molar-refractivity contribution in [2.24, 2.45) is 0 Å². The molecule has 1 heterocycles. The summed E-state index contributed by atoms with van der Waals surface area (Å²) >= 11 is 0. The molecular formula is C19H21NO4S. The van der Waals surface area contributed by atoms with Gasteiger partial charge in [-0.1, -0.05) is 55.0 Å². The van der Waals surface area contributed by atoms with E-state index in [-0.39, 0.29) is 23.7 Å². The van der Waals surface area contributed by atoms with E-state index >= 15 is 0 Å². The Morgan fingerprint density at radius 2 is 1.76 bits per heavy atom. The van der Waals surface area contributed by atoms with E-state index in [1.165, 1.54) is 4.31 Å². The van der Waals surface area contributed by atoms with Gasteiger partial charge in [0, 0.05) is 6.42 Å². The Kier molecular flexibility index (Phi) is 5.03. The van der Waals surface area contributed by atoms with Gasteiger partial charge in [-0.15, -0.1) is 0 Å². The van der Waals surface area contributed by atoms with Gasteiger partial charge in [0.1, 0.15) is 0 Å². The number of hydrogen-bond donors (Lipinski definition) is 0. The zero-order valence-electron chi connectivity index (χ0n) is 14.3. The lowest BCUT2D eigenvalue weighted by Crippen LogP contribution is -2.42. The van der Waals surface area contributed by atoms with Crippen molar-refractivity contribution in [1.82, 2.24) is 4.31 Å². The number of carbonyl (C=O) groups excluding carboxylic acids is 1. The van der Waals surface area contributed by atoms with Gasteiger partial charge in [-0.2, -0.15) is 4.31 Å². The quantitative estimate of drug-likeness (QED) is 0.823. The van der Waals surface area contributed by atoms with E-state index in [2.05, 4.69) is 0 Å². The first-order valence-corrected chi connectivity index (χ1v) is 9.68. The highest BCUT2D eigenvalue weighted by Crippen LogP contribution is 2.36. The first-order valence-electron chi connectivity index (χ1n) is 8.24. The van der Waals surface area contributed by atoms with Crippen LogP contribution in [0.25, 0.3) is 0 Å². The number of ketones is 1. The van der Waals surface area contributed by atoms with E-state index in [0.717, 1.165) is 11.1 Å². The largest absolute Gasteiger partial charge is 0.353 e. The number of sulfonamides is 1. The minimum atomic E-state index is -3.87. The third-order valence-electron chi connectivity index (χ3n) is 4.35. The molecule has 5 nitrogen and oxygen atoms in total. The first-order chi connectivity index (χ1) is 11.9. The number of aryl methyl sites for hydroxylation is 1. The summed E-state index contributed by atoms with van der Waals surface area (Å²) in [5.41, 5.74) is 1.78. The van der Waals surface area contributed by atoms with Gasteiger partial charge in [0.15, 0.2) is 12.0 Å². The van der Waals surface area contributed by atoms with Gasteiger partial charge in [-0.3, -0.25) is 4.79 Å². The van der Waals surface area contributed by atoms with E-state index < -0.39 is 22.3 Å². The summed E-state index contributed by atoms with van der Waals surface area (Å²) in [5.74, 6) is -0.242. The van der Waals surface area contributed by atoms with Crippen LogP contribution in [0.1, 0.15) is 30.5 Å². The highest BCUT2D eigenvalue weighted by Gasteiger charge is 2.46. The zero-order valence-corrected chi connectivity index (χ0v) is 15.1. The van der Waals surface area contributed by atoms with Crippen molar-refractivity contribution in [3.63, 3.8) is 0 Å². The highest BCUT2D eigenvalue weighted by atomic mass is 32.2. The summed E-state index contributed by atoms with van der Waals surface area (Å²) in [6.07, 6.45) is -0.868. The monoisotopic (exact) mass is 359 g/mol. The number of hydrogen-bond acceptors (Lipinski definition) is 4. The first kappa shape index (κ1) is 17.8. The molecular weight excluding hydrogens is 338 g/mol. The summed E-state index contributed by atoms with van der Waals surface area (Å²) in [4.78, 5) is 12.5. The smallest absolute Gasteiger partial charge is 0.246 e. The third-order valence-corrected chi connectivity index (χ3v) is 6.22. The van der Waals surface area contributed by atoms with Crippen molar-refractivity contribution in [2.75, 3.05) is 6.61 Å². The Morgan fingerprint density at radius 3 is 2.36 bits per heavy atom. The molecule has 2 aromatic rings. The lowest BCUT2D eigenvalue weighted by molar-refractivity contribution is -0.131. The van der Waals surface area contributed by atoms with Crippen LogP contribution >= 0.6 is 0 Å². The standard InChI is InChI=1S/C19H21NO4S/c1-3-18(21)19-20(17(13-24-19)15-7-5-4-6-8-15)25(22,23)16-11-9-14(2)10-12-16/h4-12,17,19H,3,13H2,1-2H3/t17-,19-/m0/s1. The van der Waals surface area contributed by atoms with Gasteiger partial charge in [0.25, 0.3) is 0 Å². The second-order valence-corrected chi connectivity index (χ2v) is 7.92.